The Morgan fingerprint density at radius 1 is 1.33 bits per heavy atom. The number of aromatic nitrogens is 3. The van der Waals surface area contributed by atoms with Gasteiger partial charge < -0.3 is 9.84 Å². The van der Waals surface area contributed by atoms with Crippen LogP contribution in [0.2, 0.25) is 5.02 Å². The lowest BCUT2D eigenvalue weighted by atomic mass is 9.98. The highest BCUT2D eigenvalue weighted by Crippen LogP contribution is 2.28. The van der Waals surface area contributed by atoms with Gasteiger partial charge in [0.15, 0.2) is 0 Å². The summed E-state index contributed by atoms with van der Waals surface area (Å²) in [6.45, 7) is 2.00. The van der Waals surface area contributed by atoms with E-state index in [1.54, 1.807) is 18.5 Å². The topological polar surface area (TPSA) is 63.8 Å². The lowest BCUT2D eigenvalue weighted by molar-refractivity contribution is 0.320. The first-order valence-corrected chi connectivity index (χ1v) is 6.36. The second-order valence-corrected chi connectivity index (χ2v) is 4.74. The Balaban J connectivity index is 1.87. The van der Waals surface area contributed by atoms with E-state index >= 15 is 0 Å². The molecule has 94 valence electrons. The molecule has 0 aromatic carbocycles. The standard InChI is InChI=1S/C12H13ClN4O/c13-10-7-15-6-3-9(10)11-16-12(18-17-11)8-1-4-14-5-2-8/h3,6-8,14H,1-2,4-5H2. The predicted octanol–water partition coefficient (Wildman–Crippen LogP) is 2.25. The van der Waals surface area contributed by atoms with Crippen molar-refractivity contribution < 1.29 is 4.52 Å². The summed E-state index contributed by atoms with van der Waals surface area (Å²) in [6.07, 6.45) is 5.32. The van der Waals surface area contributed by atoms with E-state index in [9.17, 15) is 0 Å². The van der Waals surface area contributed by atoms with Crippen molar-refractivity contribution in [2.24, 2.45) is 0 Å². The molecule has 2 aromatic heterocycles. The average Bonchev–Trinajstić information content (AvgIpc) is 2.90. The maximum Gasteiger partial charge on any atom is 0.230 e. The SMILES string of the molecule is Clc1cnccc1-c1noc(C2CCNCC2)n1. The van der Waals surface area contributed by atoms with E-state index in [-0.39, 0.29) is 0 Å². The average molecular weight is 265 g/mol. The summed E-state index contributed by atoms with van der Waals surface area (Å²) in [5, 5.41) is 7.85. The van der Waals surface area contributed by atoms with Gasteiger partial charge in [0.05, 0.1) is 5.02 Å². The van der Waals surface area contributed by atoms with E-state index in [0.29, 0.717) is 22.7 Å². The van der Waals surface area contributed by atoms with Crippen LogP contribution in [0, 0.1) is 0 Å². The third-order valence-corrected chi connectivity index (χ3v) is 3.44. The van der Waals surface area contributed by atoms with E-state index in [1.165, 1.54) is 0 Å². The van der Waals surface area contributed by atoms with Crippen LogP contribution < -0.4 is 5.32 Å². The third-order valence-electron chi connectivity index (χ3n) is 3.14. The zero-order valence-electron chi connectivity index (χ0n) is 9.77. The smallest absolute Gasteiger partial charge is 0.230 e. The number of halogens is 1. The third kappa shape index (κ3) is 2.23. The molecular weight excluding hydrogens is 252 g/mol. The van der Waals surface area contributed by atoms with Gasteiger partial charge >= 0.3 is 0 Å². The molecule has 3 rings (SSSR count). The van der Waals surface area contributed by atoms with E-state index in [4.69, 9.17) is 16.1 Å². The molecule has 1 fully saturated rings. The first kappa shape index (κ1) is 11.6. The first-order valence-electron chi connectivity index (χ1n) is 5.99. The molecule has 1 saturated heterocycles. The van der Waals surface area contributed by atoms with Crippen molar-refractivity contribution in [3.8, 4) is 11.4 Å². The Bertz CT molecular complexity index is 536. The molecule has 0 unspecified atom stereocenters. The van der Waals surface area contributed by atoms with Crippen molar-refractivity contribution >= 4 is 11.6 Å². The Morgan fingerprint density at radius 3 is 2.94 bits per heavy atom. The number of piperidine rings is 1. The second-order valence-electron chi connectivity index (χ2n) is 4.34. The van der Waals surface area contributed by atoms with E-state index < -0.39 is 0 Å². The number of hydrogen-bond acceptors (Lipinski definition) is 5. The molecule has 0 amide bonds. The number of nitrogens with one attached hydrogen (secondary N) is 1. The molecule has 0 radical (unpaired) electrons. The predicted molar refractivity (Wildman–Crippen MR) is 67.4 cm³/mol. The summed E-state index contributed by atoms with van der Waals surface area (Å²) in [4.78, 5) is 8.39. The van der Waals surface area contributed by atoms with Crippen molar-refractivity contribution in [1.82, 2.24) is 20.4 Å². The van der Waals surface area contributed by atoms with Crippen molar-refractivity contribution in [2.75, 3.05) is 13.1 Å². The van der Waals surface area contributed by atoms with Gasteiger partial charge in [-0.05, 0) is 32.0 Å². The fourth-order valence-corrected chi connectivity index (χ4v) is 2.34. The second kappa shape index (κ2) is 5.04. The minimum atomic E-state index is 0.355. The highest BCUT2D eigenvalue weighted by atomic mass is 35.5. The Labute approximate surface area is 110 Å². The monoisotopic (exact) mass is 264 g/mol. The minimum Gasteiger partial charge on any atom is -0.339 e. The molecule has 0 saturated carbocycles. The van der Waals surface area contributed by atoms with E-state index in [0.717, 1.165) is 31.5 Å². The van der Waals surface area contributed by atoms with Crippen molar-refractivity contribution in [3.63, 3.8) is 0 Å². The normalized spacial score (nSPS) is 16.9. The van der Waals surface area contributed by atoms with Crippen molar-refractivity contribution in [1.29, 1.82) is 0 Å². The van der Waals surface area contributed by atoms with Crippen LogP contribution >= 0.6 is 11.6 Å². The summed E-state index contributed by atoms with van der Waals surface area (Å²) in [7, 11) is 0. The molecule has 18 heavy (non-hydrogen) atoms. The number of nitrogens with zero attached hydrogens (tertiary/aromatic N) is 3. The van der Waals surface area contributed by atoms with Gasteiger partial charge in [-0.2, -0.15) is 4.98 Å². The maximum absolute atomic E-state index is 6.06. The van der Waals surface area contributed by atoms with Gasteiger partial charge in [0.2, 0.25) is 11.7 Å². The fraction of sp³-hybridized carbons (Fsp3) is 0.417. The van der Waals surface area contributed by atoms with Crippen molar-refractivity contribution in [3.05, 3.63) is 29.4 Å². The van der Waals surface area contributed by atoms with Crippen LogP contribution in [0.4, 0.5) is 0 Å². The lowest BCUT2D eigenvalue weighted by Gasteiger charge is -2.18. The molecule has 3 heterocycles. The molecule has 1 aliphatic rings. The molecule has 0 atom stereocenters. The van der Waals surface area contributed by atoms with Crippen LogP contribution in [0.5, 0.6) is 0 Å². The summed E-state index contributed by atoms with van der Waals surface area (Å²) >= 11 is 6.06. The summed E-state index contributed by atoms with van der Waals surface area (Å²) in [5.74, 6) is 1.60. The van der Waals surface area contributed by atoms with Crippen LogP contribution in [0.1, 0.15) is 24.7 Å². The molecule has 1 N–H and O–H groups in total. The number of pyridine rings is 1. The maximum atomic E-state index is 6.06. The number of rotatable bonds is 2. The van der Waals surface area contributed by atoms with Gasteiger partial charge in [-0.3, -0.25) is 4.98 Å². The van der Waals surface area contributed by atoms with Gasteiger partial charge in [0, 0.05) is 23.9 Å². The van der Waals surface area contributed by atoms with Crippen LogP contribution in [0.25, 0.3) is 11.4 Å². The molecule has 2 aromatic rings. The molecular formula is C12H13ClN4O. The van der Waals surface area contributed by atoms with E-state index in [1.807, 2.05) is 0 Å². The van der Waals surface area contributed by atoms with Crippen LogP contribution in [0.3, 0.4) is 0 Å². The Kier molecular flexibility index (Phi) is 3.25. The summed E-state index contributed by atoms with van der Waals surface area (Å²) in [5.41, 5.74) is 0.760. The van der Waals surface area contributed by atoms with Gasteiger partial charge in [-0.1, -0.05) is 16.8 Å². The quantitative estimate of drug-likeness (QED) is 0.901. The molecule has 1 aliphatic heterocycles. The largest absolute Gasteiger partial charge is 0.339 e. The van der Waals surface area contributed by atoms with Crippen LogP contribution in [0.15, 0.2) is 23.0 Å². The lowest BCUT2D eigenvalue weighted by Crippen LogP contribution is -2.26. The number of hydrogen-bond donors (Lipinski definition) is 1. The minimum absolute atomic E-state index is 0.355. The molecule has 6 heteroatoms. The highest BCUT2D eigenvalue weighted by molar-refractivity contribution is 6.33. The zero-order valence-corrected chi connectivity index (χ0v) is 10.5. The van der Waals surface area contributed by atoms with E-state index in [2.05, 4.69) is 20.4 Å². The van der Waals surface area contributed by atoms with Crippen LogP contribution in [-0.2, 0) is 0 Å². The van der Waals surface area contributed by atoms with Gasteiger partial charge in [-0.15, -0.1) is 0 Å². The Hall–Kier alpha value is -1.46. The molecule has 5 nitrogen and oxygen atoms in total. The molecule has 0 spiro atoms. The molecule has 0 aliphatic carbocycles. The van der Waals surface area contributed by atoms with Gasteiger partial charge in [0.25, 0.3) is 0 Å². The van der Waals surface area contributed by atoms with Gasteiger partial charge in [0.1, 0.15) is 0 Å². The first-order chi connectivity index (χ1) is 8.84. The van der Waals surface area contributed by atoms with Gasteiger partial charge in [-0.25, -0.2) is 0 Å². The fourth-order valence-electron chi connectivity index (χ4n) is 2.14. The van der Waals surface area contributed by atoms with Crippen LogP contribution in [-0.4, -0.2) is 28.2 Å². The Morgan fingerprint density at radius 2 is 2.17 bits per heavy atom. The molecule has 0 bridgehead atoms. The summed E-state index contributed by atoms with van der Waals surface area (Å²) in [6, 6.07) is 1.79. The zero-order chi connectivity index (χ0) is 12.4. The van der Waals surface area contributed by atoms with Crippen molar-refractivity contribution in [2.45, 2.75) is 18.8 Å². The highest BCUT2D eigenvalue weighted by Gasteiger charge is 2.22. The summed E-state index contributed by atoms with van der Waals surface area (Å²) < 4.78 is 5.35.